The van der Waals surface area contributed by atoms with Crippen molar-refractivity contribution < 1.29 is 23.5 Å². The molecule has 0 atom stereocenters. The van der Waals surface area contributed by atoms with Crippen molar-refractivity contribution in [2.24, 2.45) is 0 Å². The molecule has 1 aromatic heterocycles. The molecular formula is C24H25FN2O4S. The van der Waals surface area contributed by atoms with E-state index < -0.39 is 11.7 Å². The minimum absolute atomic E-state index is 0.211. The number of anilines is 1. The Morgan fingerprint density at radius 2 is 1.88 bits per heavy atom. The van der Waals surface area contributed by atoms with Gasteiger partial charge in [0.25, 0.3) is 11.8 Å². The molecular weight excluding hydrogens is 431 g/mol. The van der Waals surface area contributed by atoms with Crippen molar-refractivity contribution in [2.45, 2.75) is 26.8 Å². The fourth-order valence-corrected chi connectivity index (χ4v) is 3.98. The largest absolute Gasteiger partial charge is 0.493 e. The lowest BCUT2D eigenvalue weighted by molar-refractivity contribution is 0.0953. The van der Waals surface area contributed by atoms with E-state index >= 15 is 0 Å². The zero-order valence-electron chi connectivity index (χ0n) is 18.2. The minimum Gasteiger partial charge on any atom is -0.493 e. The summed E-state index contributed by atoms with van der Waals surface area (Å²) in [7, 11) is 1.57. The van der Waals surface area contributed by atoms with Crippen LogP contribution in [-0.2, 0) is 6.54 Å². The van der Waals surface area contributed by atoms with Crippen LogP contribution in [-0.4, -0.2) is 25.5 Å². The topological polar surface area (TPSA) is 76.7 Å². The van der Waals surface area contributed by atoms with Gasteiger partial charge in [0.1, 0.15) is 5.82 Å². The molecule has 0 aliphatic carbocycles. The van der Waals surface area contributed by atoms with Crippen LogP contribution in [0, 0.1) is 12.7 Å². The van der Waals surface area contributed by atoms with Crippen molar-refractivity contribution in [1.82, 2.24) is 5.32 Å². The molecule has 0 bridgehead atoms. The number of thiophene rings is 1. The maximum atomic E-state index is 13.3. The molecule has 0 aliphatic heterocycles. The van der Waals surface area contributed by atoms with Crippen molar-refractivity contribution in [3.05, 3.63) is 75.9 Å². The summed E-state index contributed by atoms with van der Waals surface area (Å²) in [5, 5.41) is 6.12. The number of nitrogens with one attached hydrogen (secondary N) is 2. The van der Waals surface area contributed by atoms with E-state index in [1.165, 1.54) is 29.5 Å². The Bertz CT molecular complexity index is 1110. The van der Waals surface area contributed by atoms with Gasteiger partial charge in [0.05, 0.1) is 23.6 Å². The number of halogens is 1. The molecule has 0 radical (unpaired) electrons. The van der Waals surface area contributed by atoms with E-state index in [9.17, 15) is 14.0 Å². The molecule has 2 aromatic carbocycles. The summed E-state index contributed by atoms with van der Waals surface area (Å²) in [6, 6.07) is 12.7. The quantitative estimate of drug-likeness (QED) is 0.465. The van der Waals surface area contributed by atoms with Gasteiger partial charge < -0.3 is 20.1 Å². The van der Waals surface area contributed by atoms with Gasteiger partial charge in [-0.15, -0.1) is 11.3 Å². The molecule has 2 N–H and O–H groups in total. The van der Waals surface area contributed by atoms with Gasteiger partial charge in [-0.25, -0.2) is 4.39 Å². The third kappa shape index (κ3) is 5.85. The zero-order chi connectivity index (χ0) is 23.1. The monoisotopic (exact) mass is 456 g/mol. The van der Waals surface area contributed by atoms with Gasteiger partial charge in [-0.3, -0.25) is 9.59 Å². The Morgan fingerprint density at radius 1 is 1.06 bits per heavy atom. The SMILES string of the molecule is CCCOc1ccc(CNC(=O)c2sc(NC(=O)c3cccc(F)c3)cc2C)cc1OC. The Balaban J connectivity index is 1.63. The van der Waals surface area contributed by atoms with E-state index in [2.05, 4.69) is 10.6 Å². The first-order valence-electron chi connectivity index (χ1n) is 10.2. The average Bonchev–Trinajstić information content (AvgIpc) is 3.16. The van der Waals surface area contributed by atoms with Crippen LogP contribution in [0.25, 0.3) is 0 Å². The first-order chi connectivity index (χ1) is 15.4. The molecule has 0 unspecified atom stereocenters. The summed E-state index contributed by atoms with van der Waals surface area (Å²) < 4.78 is 24.4. The van der Waals surface area contributed by atoms with Gasteiger partial charge >= 0.3 is 0 Å². The van der Waals surface area contributed by atoms with Crippen molar-refractivity contribution in [3.63, 3.8) is 0 Å². The maximum Gasteiger partial charge on any atom is 0.261 e. The van der Waals surface area contributed by atoms with E-state index in [-0.39, 0.29) is 11.5 Å². The zero-order valence-corrected chi connectivity index (χ0v) is 19.0. The van der Waals surface area contributed by atoms with Crippen molar-refractivity contribution in [1.29, 1.82) is 0 Å². The Morgan fingerprint density at radius 3 is 2.59 bits per heavy atom. The molecule has 0 saturated carbocycles. The highest BCUT2D eigenvalue weighted by Gasteiger charge is 2.16. The molecule has 0 fully saturated rings. The smallest absolute Gasteiger partial charge is 0.261 e. The van der Waals surface area contributed by atoms with Gasteiger partial charge in [0, 0.05) is 12.1 Å². The van der Waals surface area contributed by atoms with Gasteiger partial charge in [0.15, 0.2) is 11.5 Å². The Hall–Kier alpha value is -3.39. The molecule has 8 heteroatoms. The highest BCUT2D eigenvalue weighted by atomic mass is 32.1. The second-order valence-corrected chi connectivity index (χ2v) is 8.16. The fourth-order valence-electron chi connectivity index (χ4n) is 3.00. The highest BCUT2D eigenvalue weighted by molar-refractivity contribution is 7.18. The van der Waals surface area contributed by atoms with Gasteiger partial charge in [-0.05, 0) is 60.9 Å². The number of rotatable bonds is 9. The average molecular weight is 457 g/mol. The van der Waals surface area contributed by atoms with Crippen LogP contribution in [0.5, 0.6) is 11.5 Å². The van der Waals surface area contributed by atoms with E-state index in [1.54, 1.807) is 20.1 Å². The number of hydrogen-bond donors (Lipinski definition) is 2. The number of methoxy groups -OCH3 is 1. The van der Waals surface area contributed by atoms with Crippen molar-refractivity contribution in [2.75, 3.05) is 19.0 Å². The van der Waals surface area contributed by atoms with Crippen LogP contribution in [0.2, 0.25) is 0 Å². The molecule has 1 heterocycles. The molecule has 6 nitrogen and oxygen atoms in total. The lowest BCUT2D eigenvalue weighted by atomic mass is 10.2. The number of ether oxygens (including phenoxy) is 2. The van der Waals surface area contributed by atoms with E-state index in [1.807, 2.05) is 25.1 Å². The van der Waals surface area contributed by atoms with Gasteiger partial charge in [0.2, 0.25) is 0 Å². The van der Waals surface area contributed by atoms with Gasteiger partial charge in [-0.1, -0.05) is 19.1 Å². The van der Waals surface area contributed by atoms with Crippen LogP contribution >= 0.6 is 11.3 Å². The van der Waals surface area contributed by atoms with Crippen LogP contribution in [0.3, 0.4) is 0 Å². The van der Waals surface area contributed by atoms with Crippen LogP contribution < -0.4 is 20.1 Å². The number of carbonyl (C=O) groups is 2. The number of hydrogen-bond acceptors (Lipinski definition) is 5. The number of benzene rings is 2. The summed E-state index contributed by atoms with van der Waals surface area (Å²) in [4.78, 5) is 25.5. The second-order valence-electron chi connectivity index (χ2n) is 7.10. The number of carbonyl (C=O) groups excluding carboxylic acids is 2. The lowest BCUT2D eigenvalue weighted by Gasteiger charge is -2.12. The van der Waals surface area contributed by atoms with E-state index in [0.29, 0.717) is 34.5 Å². The first-order valence-corrected chi connectivity index (χ1v) is 11.0. The second kappa shape index (κ2) is 10.8. The van der Waals surface area contributed by atoms with Crippen LogP contribution in [0.15, 0.2) is 48.5 Å². The van der Waals surface area contributed by atoms with Gasteiger partial charge in [-0.2, -0.15) is 0 Å². The summed E-state index contributed by atoms with van der Waals surface area (Å²) in [6.45, 7) is 4.74. The minimum atomic E-state index is -0.485. The molecule has 0 aliphatic rings. The van der Waals surface area contributed by atoms with E-state index in [0.717, 1.165) is 23.6 Å². The predicted octanol–water partition coefficient (Wildman–Crippen LogP) is 5.18. The summed E-state index contributed by atoms with van der Waals surface area (Å²) >= 11 is 1.17. The van der Waals surface area contributed by atoms with Crippen LogP contribution in [0.4, 0.5) is 9.39 Å². The molecule has 168 valence electrons. The number of amides is 2. The Kier molecular flexibility index (Phi) is 7.83. The van der Waals surface area contributed by atoms with Crippen molar-refractivity contribution in [3.8, 4) is 11.5 Å². The molecule has 3 rings (SSSR count). The summed E-state index contributed by atoms with van der Waals surface area (Å²) in [5.41, 5.74) is 1.82. The molecule has 0 spiro atoms. The first kappa shape index (κ1) is 23.3. The number of aryl methyl sites for hydroxylation is 1. The standard InChI is InChI=1S/C24H25FN2O4S/c1-4-10-31-19-9-8-16(12-20(19)30-3)14-26-24(29)22-15(2)11-21(32-22)27-23(28)17-6-5-7-18(25)13-17/h5-9,11-13H,4,10,14H2,1-3H3,(H,26,29)(H,27,28). The van der Waals surface area contributed by atoms with E-state index in [4.69, 9.17) is 9.47 Å². The van der Waals surface area contributed by atoms with Crippen LogP contribution in [0.1, 0.15) is 44.5 Å². The molecule has 3 aromatic rings. The third-order valence-corrected chi connectivity index (χ3v) is 5.74. The summed E-state index contributed by atoms with van der Waals surface area (Å²) in [6.07, 6.45) is 0.895. The molecule has 2 amide bonds. The third-order valence-electron chi connectivity index (χ3n) is 4.59. The van der Waals surface area contributed by atoms with Crippen molar-refractivity contribution >= 4 is 28.2 Å². The molecule has 0 saturated heterocycles. The fraction of sp³-hybridized carbons (Fsp3) is 0.250. The Labute approximate surface area is 190 Å². The maximum absolute atomic E-state index is 13.3. The highest BCUT2D eigenvalue weighted by Crippen LogP contribution is 2.29. The summed E-state index contributed by atoms with van der Waals surface area (Å²) in [5.74, 6) is 0.109. The normalized spacial score (nSPS) is 10.5. The predicted molar refractivity (Wildman–Crippen MR) is 123 cm³/mol. The lowest BCUT2D eigenvalue weighted by Crippen LogP contribution is -2.22. The molecule has 32 heavy (non-hydrogen) atoms.